The standard InChI is InChI=1S/C13H12N2/c14-10-13(15-12-8-9-12)7-6-11-4-2-1-3-5-11/h1-7,12H,8-9H2/b7-6+,15-13?. The van der Waals surface area contributed by atoms with Gasteiger partial charge in [-0.3, -0.25) is 4.99 Å². The molecule has 0 unspecified atom stereocenters. The smallest absolute Gasteiger partial charge is 0.135 e. The number of rotatable bonds is 3. The molecule has 1 aliphatic rings. The summed E-state index contributed by atoms with van der Waals surface area (Å²) in [6.07, 6.45) is 5.97. The summed E-state index contributed by atoms with van der Waals surface area (Å²) in [6, 6.07) is 12.4. The van der Waals surface area contributed by atoms with E-state index in [1.54, 1.807) is 6.08 Å². The van der Waals surface area contributed by atoms with Crippen LogP contribution < -0.4 is 0 Å². The topological polar surface area (TPSA) is 36.1 Å². The third-order valence-electron chi connectivity index (χ3n) is 2.22. The zero-order chi connectivity index (χ0) is 10.5. The highest BCUT2D eigenvalue weighted by atomic mass is 14.8. The van der Waals surface area contributed by atoms with Gasteiger partial charge in [-0.05, 0) is 24.5 Å². The second kappa shape index (κ2) is 4.56. The number of aliphatic imine (C=N–C) groups is 1. The minimum Gasteiger partial charge on any atom is -0.271 e. The number of nitrogens with zero attached hydrogens (tertiary/aromatic N) is 2. The summed E-state index contributed by atoms with van der Waals surface area (Å²) in [5.41, 5.74) is 1.62. The van der Waals surface area contributed by atoms with Crippen LogP contribution in [-0.2, 0) is 0 Å². The SMILES string of the molecule is N#CC(/C=C/c1ccccc1)=NC1CC1. The van der Waals surface area contributed by atoms with Crippen molar-refractivity contribution in [1.82, 2.24) is 0 Å². The zero-order valence-corrected chi connectivity index (χ0v) is 8.43. The fraction of sp³-hybridized carbons (Fsp3) is 0.231. The highest BCUT2D eigenvalue weighted by Crippen LogP contribution is 2.23. The lowest BCUT2D eigenvalue weighted by Crippen LogP contribution is -1.90. The second-order valence-electron chi connectivity index (χ2n) is 3.60. The van der Waals surface area contributed by atoms with E-state index in [0.717, 1.165) is 18.4 Å². The molecule has 0 heterocycles. The van der Waals surface area contributed by atoms with Crippen LogP contribution in [0.15, 0.2) is 41.4 Å². The van der Waals surface area contributed by atoms with Gasteiger partial charge in [0.2, 0.25) is 0 Å². The molecule has 2 heteroatoms. The Labute approximate surface area is 89.6 Å². The van der Waals surface area contributed by atoms with Crippen molar-refractivity contribution in [2.24, 2.45) is 4.99 Å². The summed E-state index contributed by atoms with van der Waals surface area (Å²) in [5.74, 6) is 0. The molecular formula is C13H12N2. The Kier molecular flexibility index (Phi) is 2.94. The average Bonchev–Trinajstić information content (AvgIpc) is 3.09. The number of hydrogen-bond acceptors (Lipinski definition) is 2. The van der Waals surface area contributed by atoms with Gasteiger partial charge in [-0.1, -0.05) is 36.4 Å². The molecule has 0 aromatic heterocycles. The summed E-state index contributed by atoms with van der Waals surface area (Å²) in [6.45, 7) is 0. The zero-order valence-electron chi connectivity index (χ0n) is 8.43. The van der Waals surface area contributed by atoms with E-state index in [-0.39, 0.29) is 0 Å². The fourth-order valence-corrected chi connectivity index (χ4v) is 1.25. The van der Waals surface area contributed by atoms with Crippen molar-refractivity contribution in [2.75, 3.05) is 0 Å². The summed E-state index contributed by atoms with van der Waals surface area (Å²) >= 11 is 0. The lowest BCUT2D eigenvalue weighted by Gasteiger charge is -1.91. The fourth-order valence-electron chi connectivity index (χ4n) is 1.25. The molecule has 15 heavy (non-hydrogen) atoms. The van der Waals surface area contributed by atoms with Crippen molar-refractivity contribution in [3.63, 3.8) is 0 Å². The van der Waals surface area contributed by atoms with Gasteiger partial charge in [0.25, 0.3) is 0 Å². The van der Waals surface area contributed by atoms with Gasteiger partial charge < -0.3 is 0 Å². The van der Waals surface area contributed by atoms with Crippen LogP contribution in [0.25, 0.3) is 6.08 Å². The van der Waals surface area contributed by atoms with Crippen LogP contribution in [0.3, 0.4) is 0 Å². The lowest BCUT2D eigenvalue weighted by atomic mass is 10.2. The third-order valence-corrected chi connectivity index (χ3v) is 2.22. The van der Waals surface area contributed by atoms with E-state index >= 15 is 0 Å². The average molecular weight is 196 g/mol. The van der Waals surface area contributed by atoms with Crippen LogP contribution in [-0.4, -0.2) is 11.8 Å². The monoisotopic (exact) mass is 196 g/mol. The van der Waals surface area contributed by atoms with Gasteiger partial charge in [-0.25, -0.2) is 0 Å². The van der Waals surface area contributed by atoms with Gasteiger partial charge in [0.1, 0.15) is 11.8 Å². The Hall–Kier alpha value is -1.88. The maximum absolute atomic E-state index is 8.85. The van der Waals surface area contributed by atoms with Crippen molar-refractivity contribution < 1.29 is 0 Å². The van der Waals surface area contributed by atoms with Crippen molar-refractivity contribution in [3.8, 4) is 6.07 Å². The van der Waals surface area contributed by atoms with Crippen LogP contribution in [0.4, 0.5) is 0 Å². The van der Waals surface area contributed by atoms with Gasteiger partial charge in [0.05, 0.1) is 6.04 Å². The number of hydrogen-bond donors (Lipinski definition) is 0. The van der Waals surface area contributed by atoms with Crippen LogP contribution in [0, 0.1) is 11.3 Å². The van der Waals surface area contributed by atoms with Crippen LogP contribution in [0.2, 0.25) is 0 Å². The first-order valence-electron chi connectivity index (χ1n) is 5.09. The molecule has 1 aromatic carbocycles. The van der Waals surface area contributed by atoms with E-state index in [0.29, 0.717) is 11.8 Å². The number of nitriles is 1. The Bertz CT molecular complexity index is 420. The molecule has 0 N–H and O–H groups in total. The van der Waals surface area contributed by atoms with E-state index in [1.807, 2.05) is 36.4 Å². The predicted octanol–water partition coefficient (Wildman–Crippen LogP) is 2.83. The van der Waals surface area contributed by atoms with Gasteiger partial charge in [-0.2, -0.15) is 5.26 Å². The summed E-state index contributed by atoms with van der Waals surface area (Å²) < 4.78 is 0. The second-order valence-corrected chi connectivity index (χ2v) is 3.60. The van der Waals surface area contributed by atoms with E-state index in [1.165, 1.54) is 0 Å². The minimum atomic E-state index is 0.403. The van der Waals surface area contributed by atoms with Crippen LogP contribution in [0.1, 0.15) is 18.4 Å². The van der Waals surface area contributed by atoms with Crippen molar-refractivity contribution >= 4 is 11.8 Å². The molecule has 1 aromatic rings. The molecule has 74 valence electrons. The van der Waals surface area contributed by atoms with E-state index in [4.69, 9.17) is 5.26 Å². The molecule has 2 nitrogen and oxygen atoms in total. The molecular weight excluding hydrogens is 184 g/mol. The van der Waals surface area contributed by atoms with E-state index < -0.39 is 0 Å². The van der Waals surface area contributed by atoms with Gasteiger partial charge in [-0.15, -0.1) is 0 Å². The number of benzene rings is 1. The molecule has 0 amide bonds. The van der Waals surface area contributed by atoms with Crippen molar-refractivity contribution in [1.29, 1.82) is 5.26 Å². The molecule has 0 saturated heterocycles. The Morgan fingerprint density at radius 1 is 1.33 bits per heavy atom. The quantitative estimate of drug-likeness (QED) is 0.685. The molecule has 1 fully saturated rings. The molecule has 1 saturated carbocycles. The maximum Gasteiger partial charge on any atom is 0.135 e. The first-order chi connectivity index (χ1) is 7.38. The summed E-state index contributed by atoms with van der Waals surface area (Å²) in [4.78, 5) is 4.29. The Morgan fingerprint density at radius 2 is 2.07 bits per heavy atom. The normalized spacial score (nSPS) is 16.6. The summed E-state index contributed by atoms with van der Waals surface area (Å²) in [7, 11) is 0. The molecule has 1 aliphatic carbocycles. The van der Waals surface area contributed by atoms with E-state index in [9.17, 15) is 0 Å². The van der Waals surface area contributed by atoms with Crippen molar-refractivity contribution in [3.05, 3.63) is 42.0 Å². The Morgan fingerprint density at radius 3 is 2.67 bits per heavy atom. The van der Waals surface area contributed by atoms with Crippen molar-refractivity contribution in [2.45, 2.75) is 18.9 Å². The molecule has 0 aliphatic heterocycles. The van der Waals surface area contributed by atoms with E-state index in [2.05, 4.69) is 11.1 Å². The molecule has 0 bridgehead atoms. The third kappa shape index (κ3) is 3.07. The van der Waals surface area contributed by atoms with Gasteiger partial charge in [0, 0.05) is 0 Å². The van der Waals surface area contributed by atoms with Crippen LogP contribution in [0.5, 0.6) is 0 Å². The first-order valence-corrected chi connectivity index (χ1v) is 5.09. The van der Waals surface area contributed by atoms with Gasteiger partial charge >= 0.3 is 0 Å². The molecule has 0 atom stereocenters. The first kappa shape index (κ1) is 9.67. The van der Waals surface area contributed by atoms with Gasteiger partial charge in [0.15, 0.2) is 0 Å². The van der Waals surface area contributed by atoms with Crippen LogP contribution >= 0.6 is 0 Å². The predicted molar refractivity (Wildman–Crippen MR) is 61.5 cm³/mol. The largest absolute Gasteiger partial charge is 0.271 e. The lowest BCUT2D eigenvalue weighted by molar-refractivity contribution is 1.07. The minimum absolute atomic E-state index is 0.403. The summed E-state index contributed by atoms with van der Waals surface area (Å²) in [5, 5.41) is 8.85. The highest BCUT2D eigenvalue weighted by molar-refractivity contribution is 6.09. The molecule has 0 spiro atoms. The molecule has 0 radical (unpaired) electrons. The maximum atomic E-state index is 8.85. The Balaban J connectivity index is 2.07. The highest BCUT2D eigenvalue weighted by Gasteiger charge is 2.20. The molecule has 2 rings (SSSR count). The number of allylic oxidation sites excluding steroid dienone is 1.